The Labute approximate surface area is 96.3 Å². The van der Waals surface area contributed by atoms with Gasteiger partial charge in [0.1, 0.15) is 41.6 Å². The van der Waals surface area contributed by atoms with Crippen molar-refractivity contribution in [3.63, 3.8) is 0 Å². The van der Waals surface area contributed by atoms with E-state index in [-0.39, 0.29) is 22.8 Å². The van der Waals surface area contributed by atoms with Gasteiger partial charge in [-0.05, 0) is 0 Å². The van der Waals surface area contributed by atoms with Crippen molar-refractivity contribution in [1.29, 1.82) is 15.8 Å². The van der Waals surface area contributed by atoms with Crippen molar-refractivity contribution in [3.05, 3.63) is 23.2 Å². The van der Waals surface area contributed by atoms with Crippen molar-refractivity contribution >= 4 is 12.2 Å². The minimum absolute atomic E-state index is 0.0871. The van der Waals surface area contributed by atoms with Gasteiger partial charge >= 0.3 is 0 Å². The fourth-order valence-corrected chi connectivity index (χ4v) is 0.874. The van der Waals surface area contributed by atoms with E-state index in [2.05, 4.69) is 10.1 Å². The van der Waals surface area contributed by atoms with Gasteiger partial charge in [-0.3, -0.25) is 0 Å². The molecule has 0 saturated carbocycles. The number of hydrogen-bond donors (Lipinski definition) is 2. The SMILES string of the molecule is N#C/C(N)=C(\C#N)N=Cn1ncc(C#N)c1N. The molecule has 82 valence electrons. The van der Waals surface area contributed by atoms with Crippen LogP contribution in [0.5, 0.6) is 0 Å². The maximum absolute atomic E-state index is 8.66. The second-order valence-corrected chi connectivity index (χ2v) is 2.73. The molecule has 1 aromatic rings. The molecule has 0 saturated heterocycles. The van der Waals surface area contributed by atoms with Gasteiger partial charge in [-0.1, -0.05) is 0 Å². The Morgan fingerprint density at radius 3 is 2.59 bits per heavy atom. The molecule has 0 aliphatic heterocycles. The van der Waals surface area contributed by atoms with E-state index in [1.54, 1.807) is 12.1 Å². The van der Waals surface area contributed by atoms with Crippen LogP contribution in [-0.2, 0) is 0 Å². The number of allylic oxidation sites excluding steroid dienone is 2. The molecule has 17 heavy (non-hydrogen) atoms. The Morgan fingerprint density at radius 1 is 1.41 bits per heavy atom. The first kappa shape index (κ1) is 11.8. The topological polar surface area (TPSA) is 154 Å². The fourth-order valence-electron chi connectivity index (χ4n) is 0.874. The molecule has 0 amide bonds. The van der Waals surface area contributed by atoms with E-state index in [1.165, 1.54) is 6.20 Å². The molecule has 0 unspecified atom stereocenters. The van der Waals surface area contributed by atoms with Gasteiger partial charge < -0.3 is 11.5 Å². The molecule has 0 fully saturated rings. The van der Waals surface area contributed by atoms with Gasteiger partial charge in [0.15, 0.2) is 5.70 Å². The molecule has 8 heteroatoms. The normalized spacial score (nSPS) is 11.4. The molecule has 0 aliphatic carbocycles. The predicted molar refractivity (Wildman–Crippen MR) is 57.7 cm³/mol. The first-order valence-electron chi connectivity index (χ1n) is 4.21. The number of hydrogen-bond acceptors (Lipinski definition) is 7. The summed E-state index contributed by atoms with van der Waals surface area (Å²) in [5.41, 5.74) is 10.4. The number of aromatic nitrogens is 2. The first-order valence-corrected chi connectivity index (χ1v) is 4.21. The number of anilines is 1. The quantitative estimate of drug-likeness (QED) is 0.391. The van der Waals surface area contributed by atoms with Crippen LogP contribution >= 0.6 is 0 Å². The summed E-state index contributed by atoms with van der Waals surface area (Å²) in [5.74, 6) is 0.0871. The van der Waals surface area contributed by atoms with E-state index >= 15 is 0 Å². The van der Waals surface area contributed by atoms with Crippen LogP contribution in [0.3, 0.4) is 0 Å². The Kier molecular flexibility index (Phi) is 3.44. The van der Waals surface area contributed by atoms with Crippen LogP contribution in [0.25, 0.3) is 0 Å². The second-order valence-electron chi connectivity index (χ2n) is 2.73. The van der Waals surface area contributed by atoms with Crippen molar-refractivity contribution in [1.82, 2.24) is 9.78 Å². The standard InChI is InChI=1S/C9H6N8/c10-1-6-4-16-17(9(6)14)5-15-8(3-12)7(13)2-11/h4-5H,13-14H2/b8-7-,15-5?. The van der Waals surface area contributed by atoms with E-state index in [0.29, 0.717) is 0 Å². The maximum atomic E-state index is 8.66. The number of nitriles is 3. The molecule has 0 aromatic carbocycles. The lowest BCUT2D eigenvalue weighted by Crippen LogP contribution is -2.05. The van der Waals surface area contributed by atoms with Crippen LogP contribution in [0.15, 0.2) is 22.6 Å². The van der Waals surface area contributed by atoms with Crippen molar-refractivity contribution in [3.8, 4) is 18.2 Å². The van der Waals surface area contributed by atoms with Crippen molar-refractivity contribution < 1.29 is 0 Å². The van der Waals surface area contributed by atoms with Crippen LogP contribution in [-0.4, -0.2) is 16.1 Å². The zero-order valence-electron chi connectivity index (χ0n) is 8.49. The molecule has 1 rings (SSSR count). The summed E-state index contributed by atoms with van der Waals surface area (Å²) < 4.78 is 1.10. The third-order valence-corrected chi connectivity index (χ3v) is 1.73. The largest absolute Gasteiger partial charge is 0.388 e. The van der Waals surface area contributed by atoms with Crippen LogP contribution in [0.1, 0.15) is 5.56 Å². The summed E-state index contributed by atoms with van der Waals surface area (Å²) in [6.07, 6.45) is 2.35. The summed E-state index contributed by atoms with van der Waals surface area (Å²) in [4.78, 5) is 3.65. The van der Waals surface area contributed by atoms with E-state index in [4.69, 9.17) is 27.3 Å². The van der Waals surface area contributed by atoms with Crippen LogP contribution in [0.2, 0.25) is 0 Å². The van der Waals surface area contributed by atoms with Crippen molar-refractivity contribution in [2.24, 2.45) is 10.7 Å². The number of aliphatic imine (C=N–C) groups is 1. The minimum atomic E-state index is -0.310. The van der Waals surface area contributed by atoms with E-state index < -0.39 is 0 Å². The molecule has 0 aliphatic rings. The van der Waals surface area contributed by atoms with Gasteiger partial charge in [-0.2, -0.15) is 20.9 Å². The van der Waals surface area contributed by atoms with Gasteiger partial charge in [0.05, 0.1) is 6.20 Å². The highest BCUT2D eigenvalue weighted by Gasteiger charge is 2.05. The van der Waals surface area contributed by atoms with Crippen LogP contribution in [0, 0.1) is 34.0 Å². The first-order chi connectivity index (χ1) is 8.13. The lowest BCUT2D eigenvalue weighted by atomic mass is 10.4. The highest BCUT2D eigenvalue weighted by atomic mass is 15.3. The summed E-state index contributed by atoms with van der Waals surface area (Å²) in [6.45, 7) is 0. The van der Waals surface area contributed by atoms with Gasteiger partial charge in [0, 0.05) is 0 Å². The molecule has 0 radical (unpaired) electrons. The average Bonchev–Trinajstić information content (AvgIpc) is 2.70. The van der Waals surface area contributed by atoms with Gasteiger partial charge in [0.25, 0.3) is 0 Å². The zero-order valence-corrected chi connectivity index (χ0v) is 8.49. The van der Waals surface area contributed by atoms with Crippen molar-refractivity contribution in [2.75, 3.05) is 5.73 Å². The molecule has 0 bridgehead atoms. The molecular formula is C9H6N8. The predicted octanol–water partition coefficient (Wildman–Crippen LogP) is -0.569. The maximum Gasteiger partial charge on any atom is 0.176 e. The molecule has 1 aromatic heterocycles. The Morgan fingerprint density at radius 2 is 2.12 bits per heavy atom. The minimum Gasteiger partial charge on any atom is -0.388 e. The Hall–Kier alpha value is -3.31. The highest BCUT2D eigenvalue weighted by Crippen LogP contribution is 2.07. The lowest BCUT2D eigenvalue weighted by Gasteiger charge is -1.94. The third-order valence-electron chi connectivity index (χ3n) is 1.73. The van der Waals surface area contributed by atoms with E-state index in [9.17, 15) is 0 Å². The Balaban J connectivity index is 3.09. The summed E-state index contributed by atoms with van der Waals surface area (Å²) in [6, 6.07) is 5.07. The summed E-state index contributed by atoms with van der Waals surface area (Å²) in [7, 11) is 0. The molecule has 4 N–H and O–H groups in total. The van der Waals surface area contributed by atoms with E-state index in [1.807, 2.05) is 6.07 Å². The van der Waals surface area contributed by atoms with Crippen LogP contribution in [0.4, 0.5) is 5.82 Å². The van der Waals surface area contributed by atoms with Gasteiger partial charge in [0.2, 0.25) is 0 Å². The van der Waals surface area contributed by atoms with Crippen molar-refractivity contribution in [2.45, 2.75) is 0 Å². The zero-order chi connectivity index (χ0) is 12.8. The third kappa shape index (κ3) is 2.38. The second kappa shape index (κ2) is 4.96. The summed E-state index contributed by atoms with van der Waals surface area (Å²) in [5, 5.41) is 29.5. The van der Waals surface area contributed by atoms with Crippen LogP contribution < -0.4 is 11.5 Å². The molecule has 1 heterocycles. The smallest absolute Gasteiger partial charge is 0.176 e. The van der Waals surface area contributed by atoms with Gasteiger partial charge in [-0.25, -0.2) is 9.67 Å². The number of rotatable bonds is 2. The average molecular weight is 226 g/mol. The lowest BCUT2D eigenvalue weighted by molar-refractivity contribution is 0.963. The number of nitrogens with zero attached hydrogens (tertiary/aromatic N) is 6. The highest BCUT2D eigenvalue weighted by molar-refractivity contribution is 5.67. The molecule has 0 spiro atoms. The van der Waals surface area contributed by atoms with E-state index in [0.717, 1.165) is 11.0 Å². The molecular weight excluding hydrogens is 220 g/mol. The number of nitrogens with two attached hydrogens (primary N) is 2. The monoisotopic (exact) mass is 226 g/mol. The summed E-state index contributed by atoms with van der Waals surface area (Å²) >= 11 is 0. The molecule has 0 atom stereocenters. The number of nitrogen functional groups attached to an aromatic ring is 1. The molecule has 8 nitrogen and oxygen atoms in total. The van der Waals surface area contributed by atoms with Gasteiger partial charge in [-0.15, -0.1) is 0 Å². The fraction of sp³-hybridized carbons (Fsp3) is 0. The Bertz CT molecular complexity index is 613.